The Morgan fingerprint density at radius 2 is 1.59 bits per heavy atom. The van der Waals surface area contributed by atoms with Crippen molar-refractivity contribution >= 4 is 39.4 Å². The molecule has 0 spiro atoms. The van der Waals surface area contributed by atoms with Gasteiger partial charge in [-0.3, -0.25) is 19.7 Å². The van der Waals surface area contributed by atoms with Gasteiger partial charge in [-0.1, -0.05) is 28.1 Å². The third-order valence-corrected chi connectivity index (χ3v) is 6.02. The fourth-order valence-corrected chi connectivity index (χ4v) is 4.38. The van der Waals surface area contributed by atoms with Crippen molar-refractivity contribution < 1.29 is 23.9 Å². The van der Waals surface area contributed by atoms with Gasteiger partial charge in [0, 0.05) is 10.5 Å². The van der Waals surface area contributed by atoms with Crippen LogP contribution in [0.15, 0.2) is 53.0 Å². The van der Waals surface area contributed by atoms with Crippen LogP contribution in [0.1, 0.15) is 11.6 Å². The van der Waals surface area contributed by atoms with E-state index in [4.69, 9.17) is 9.47 Å². The Labute approximate surface area is 176 Å². The topological polar surface area (TPSA) is 84.9 Å². The number of amides is 2. The predicted octanol–water partition coefficient (Wildman–Crippen LogP) is 2.45. The molecule has 0 bridgehead atoms. The number of carbonyl (C=O) groups excluding carboxylic acids is 3. The fourth-order valence-electron chi connectivity index (χ4n) is 4.12. The Balaban J connectivity index is 1.74. The van der Waals surface area contributed by atoms with Crippen molar-refractivity contribution in [2.75, 3.05) is 19.1 Å². The van der Waals surface area contributed by atoms with Crippen molar-refractivity contribution in [1.82, 2.24) is 5.32 Å². The number of nitrogens with zero attached hydrogens (tertiary/aromatic N) is 1. The van der Waals surface area contributed by atoms with Gasteiger partial charge >= 0.3 is 5.97 Å². The molecule has 4 rings (SSSR count). The molecule has 0 unspecified atom stereocenters. The normalized spacial score (nSPS) is 25.8. The molecule has 2 aliphatic heterocycles. The summed E-state index contributed by atoms with van der Waals surface area (Å²) >= 11 is 3.40. The van der Waals surface area contributed by atoms with Crippen molar-refractivity contribution in [3.63, 3.8) is 0 Å². The largest absolute Gasteiger partial charge is 0.497 e. The molecule has 0 aliphatic carbocycles. The maximum atomic E-state index is 13.3. The van der Waals surface area contributed by atoms with E-state index in [1.165, 1.54) is 7.11 Å². The number of carbonyl (C=O) groups is 3. The number of hydrogen-bond donors (Lipinski definition) is 1. The van der Waals surface area contributed by atoms with Crippen LogP contribution in [0.5, 0.6) is 5.75 Å². The van der Waals surface area contributed by atoms with Gasteiger partial charge in [0.2, 0.25) is 11.8 Å². The first-order chi connectivity index (χ1) is 14.0. The van der Waals surface area contributed by atoms with Crippen LogP contribution < -0.4 is 15.0 Å². The molecule has 0 saturated carbocycles. The molecule has 2 aromatic carbocycles. The van der Waals surface area contributed by atoms with Crippen LogP contribution in [-0.4, -0.2) is 38.0 Å². The Morgan fingerprint density at radius 1 is 0.966 bits per heavy atom. The number of ether oxygens (including phenoxy) is 2. The zero-order valence-corrected chi connectivity index (χ0v) is 17.4. The van der Waals surface area contributed by atoms with Crippen LogP contribution in [0, 0.1) is 11.8 Å². The van der Waals surface area contributed by atoms with Crippen molar-refractivity contribution in [2.45, 2.75) is 12.1 Å². The van der Waals surface area contributed by atoms with Crippen LogP contribution in [0.2, 0.25) is 0 Å². The van der Waals surface area contributed by atoms with E-state index >= 15 is 0 Å². The van der Waals surface area contributed by atoms with Crippen LogP contribution in [0.25, 0.3) is 0 Å². The van der Waals surface area contributed by atoms with Gasteiger partial charge in [0.05, 0.1) is 31.7 Å². The molecule has 2 amide bonds. The Morgan fingerprint density at radius 3 is 2.17 bits per heavy atom. The van der Waals surface area contributed by atoms with Gasteiger partial charge in [-0.2, -0.15) is 0 Å². The number of esters is 1. The number of rotatable bonds is 4. The number of imide groups is 1. The minimum absolute atomic E-state index is 0.336. The second-order valence-electron chi connectivity index (χ2n) is 6.96. The first kappa shape index (κ1) is 19.6. The van der Waals surface area contributed by atoms with E-state index in [9.17, 15) is 14.4 Å². The Kier molecular flexibility index (Phi) is 5.14. The van der Waals surface area contributed by atoms with Gasteiger partial charge in [0.15, 0.2) is 0 Å². The highest BCUT2D eigenvalue weighted by Gasteiger charge is 2.61. The minimum atomic E-state index is -0.890. The Hall–Kier alpha value is -2.71. The first-order valence-corrected chi connectivity index (χ1v) is 9.86. The lowest BCUT2D eigenvalue weighted by Gasteiger charge is -2.22. The molecule has 2 aliphatic rings. The summed E-state index contributed by atoms with van der Waals surface area (Å²) in [6.07, 6.45) is 0. The van der Waals surface area contributed by atoms with Crippen LogP contribution in [-0.2, 0) is 19.1 Å². The third-order valence-electron chi connectivity index (χ3n) is 5.49. The van der Waals surface area contributed by atoms with Crippen LogP contribution >= 0.6 is 15.9 Å². The first-order valence-electron chi connectivity index (χ1n) is 9.07. The zero-order chi connectivity index (χ0) is 20.7. The highest BCUT2D eigenvalue weighted by atomic mass is 79.9. The average Bonchev–Trinajstić information content (AvgIpc) is 3.25. The highest BCUT2D eigenvalue weighted by Crippen LogP contribution is 2.45. The molecule has 2 heterocycles. The van der Waals surface area contributed by atoms with E-state index in [0.29, 0.717) is 11.4 Å². The number of hydrogen-bond acceptors (Lipinski definition) is 6. The van der Waals surface area contributed by atoms with Gasteiger partial charge in [-0.05, 0) is 42.0 Å². The molecule has 150 valence electrons. The second kappa shape index (κ2) is 7.61. The number of nitrogens with one attached hydrogen (secondary N) is 1. The standard InChI is InChI=1S/C21H19BrN2O5/c1-28-14-9-7-13(8-10-14)24-19(25)15-16(20(24)26)18(21(27)29-2)23-17(15)11-3-5-12(22)6-4-11/h3-10,15-18,23H,1-2H3/t15-,16+,17-,18-/m1/s1. The van der Waals surface area contributed by atoms with Gasteiger partial charge in [-0.25, -0.2) is 4.90 Å². The number of benzene rings is 2. The molecule has 8 heteroatoms. The summed E-state index contributed by atoms with van der Waals surface area (Å²) in [4.78, 5) is 40.1. The van der Waals surface area contributed by atoms with Crippen molar-refractivity contribution in [2.24, 2.45) is 11.8 Å². The smallest absolute Gasteiger partial charge is 0.323 e. The van der Waals surface area contributed by atoms with Crippen LogP contribution in [0.4, 0.5) is 5.69 Å². The van der Waals surface area contributed by atoms with Crippen molar-refractivity contribution in [3.8, 4) is 5.75 Å². The zero-order valence-electron chi connectivity index (χ0n) is 15.8. The molecule has 4 atom stereocenters. The van der Waals surface area contributed by atoms with E-state index in [1.54, 1.807) is 31.4 Å². The van der Waals surface area contributed by atoms with E-state index in [1.807, 2.05) is 24.3 Å². The molecule has 2 aromatic rings. The molecule has 0 aromatic heterocycles. The van der Waals surface area contributed by atoms with E-state index in [0.717, 1.165) is 14.9 Å². The molecule has 7 nitrogen and oxygen atoms in total. The molecule has 0 radical (unpaired) electrons. The van der Waals surface area contributed by atoms with Crippen LogP contribution in [0.3, 0.4) is 0 Å². The molecular weight excluding hydrogens is 440 g/mol. The molecule has 2 saturated heterocycles. The Bertz CT molecular complexity index is 960. The third kappa shape index (κ3) is 3.22. The van der Waals surface area contributed by atoms with Gasteiger partial charge < -0.3 is 9.47 Å². The molecular formula is C21H19BrN2O5. The van der Waals surface area contributed by atoms with E-state index in [2.05, 4.69) is 21.2 Å². The number of anilines is 1. The maximum Gasteiger partial charge on any atom is 0.323 e. The molecule has 1 N–H and O–H groups in total. The SMILES string of the molecule is COC(=O)[C@@H]1N[C@H](c2ccc(Br)cc2)[C@@H]2C(=O)N(c3ccc(OC)cc3)C(=O)[C@@H]21. The summed E-state index contributed by atoms with van der Waals surface area (Å²) in [5.41, 5.74) is 1.28. The quantitative estimate of drug-likeness (QED) is 0.559. The highest BCUT2D eigenvalue weighted by molar-refractivity contribution is 9.10. The second-order valence-corrected chi connectivity index (χ2v) is 7.87. The lowest BCUT2D eigenvalue weighted by atomic mass is 9.86. The number of fused-ring (bicyclic) bond motifs is 1. The monoisotopic (exact) mass is 458 g/mol. The van der Waals surface area contributed by atoms with Gasteiger partial charge in [0.1, 0.15) is 11.8 Å². The molecule has 29 heavy (non-hydrogen) atoms. The lowest BCUT2D eigenvalue weighted by Crippen LogP contribution is -2.43. The van der Waals surface area contributed by atoms with Crippen molar-refractivity contribution in [1.29, 1.82) is 0 Å². The average molecular weight is 459 g/mol. The van der Waals surface area contributed by atoms with Crippen molar-refractivity contribution in [3.05, 3.63) is 58.6 Å². The fraction of sp³-hybridized carbons (Fsp3) is 0.286. The lowest BCUT2D eigenvalue weighted by molar-refractivity contribution is -0.145. The number of methoxy groups -OCH3 is 2. The predicted molar refractivity (Wildman–Crippen MR) is 108 cm³/mol. The molecule has 2 fully saturated rings. The summed E-state index contributed by atoms with van der Waals surface area (Å²) in [5.74, 6) is -2.21. The van der Waals surface area contributed by atoms with Gasteiger partial charge in [0.25, 0.3) is 0 Å². The number of halogens is 1. The summed E-state index contributed by atoms with van der Waals surface area (Å²) < 4.78 is 10.9. The summed E-state index contributed by atoms with van der Waals surface area (Å²) in [5, 5.41) is 3.15. The summed E-state index contributed by atoms with van der Waals surface area (Å²) in [6.45, 7) is 0. The van der Waals surface area contributed by atoms with Gasteiger partial charge in [-0.15, -0.1) is 0 Å². The minimum Gasteiger partial charge on any atom is -0.497 e. The summed E-state index contributed by atoms with van der Waals surface area (Å²) in [7, 11) is 2.81. The van der Waals surface area contributed by atoms with E-state index in [-0.39, 0.29) is 5.91 Å². The van der Waals surface area contributed by atoms with E-state index < -0.39 is 35.8 Å². The maximum absolute atomic E-state index is 13.3. The summed E-state index contributed by atoms with van der Waals surface area (Å²) in [6, 6.07) is 12.8.